The number of carbonyl (C=O) groups is 1. The maximum atomic E-state index is 11.8. The Morgan fingerprint density at radius 3 is 2.95 bits per heavy atom. The molecule has 1 amide bonds. The number of rotatable bonds is 4. The zero-order valence-electron chi connectivity index (χ0n) is 10.5. The fraction of sp³-hybridized carbons (Fsp3) is 0.308. The molecule has 1 aromatic rings. The highest BCUT2D eigenvalue weighted by Gasteiger charge is 2.16. The van der Waals surface area contributed by atoms with Crippen LogP contribution in [0, 0.1) is 0 Å². The molecular weight excluding hydrogens is 287 g/mol. The molecule has 6 heteroatoms. The highest BCUT2D eigenvalue weighted by Crippen LogP contribution is 2.28. The Bertz CT molecular complexity index is 490. The molecule has 2 N–H and O–H groups in total. The predicted octanol–water partition coefficient (Wildman–Crippen LogP) is 1.87. The highest BCUT2D eigenvalue weighted by atomic mass is 35.5. The molecular formula is C13H16Cl2N2O2. The Morgan fingerprint density at radius 1 is 1.42 bits per heavy atom. The van der Waals surface area contributed by atoms with Gasteiger partial charge >= 0.3 is 0 Å². The maximum absolute atomic E-state index is 11.8. The van der Waals surface area contributed by atoms with Crippen LogP contribution in [-0.4, -0.2) is 32.7 Å². The van der Waals surface area contributed by atoms with Crippen LogP contribution in [0.2, 0.25) is 5.02 Å². The van der Waals surface area contributed by atoms with Gasteiger partial charge in [0.25, 0.3) is 5.91 Å². The molecule has 1 aromatic carbocycles. The van der Waals surface area contributed by atoms with Gasteiger partial charge in [-0.2, -0.15) is 0 Å². The Balaban J connectivity index is 0.00000180. The number of likely N-dealkylation sites (N-methyl/N-ethyl adjacent to an activating group) is 1. The summed E-state index contributed by atoms with van der Waals surface area (Å²) in [5.41, 5.74) is 1.45. The summed E-state index contributed by atoms with van der Waals surface area (Å²) in [4.78, 5) is 11.8. The first kappa shape index (κ1) is 15.8. The lowest BCUT2D eigenvalue weighted by atomic mass is 10.1. The average molecular weight is 303 g/mol. The number of halogens is 2. The van der Waals surface area contributed by atoms with Gasteiger partial charge in [0.2, 0.25) is 0 Å². The molecule has 4 nitrogen and oxygen atoms in total. The molecule has 0 spiro atoms. The van der Waals surface area contributed by atoms with Crippen LogP contribution < -0.4 is 15.4 Å². The average Bonchev–Trinajstić information content (AvgIpc) is 2.38. The topological polar surface area (TPSA) is 50.4 Å². The quantitative estimate of drug-likeness (QED) is 0.835. The summed E-state index contributed by atoms with van der Waals surface area (Å²) >= 11 is 5.91. The third kappa shape index (κ3) is 4.13. The van der Waals surface area contributed by atoms with Gasteiger partial charge in [0.05, 0.1) is 5.57 Å². The van der Waals surface area contributed by atoms with Crippen LogP contribution in [0.15, 0.2) is 23.8 Å². The lowest BCUT2D eigenvalue weighted by molar-refractivity contribution is -0.117. The third-order valence-corrected chi connectivity index (χ3v) is 2.87. The SMILES string of the molecule is CNCCNC(=O)C1=Cc2cc(Cl)ccc2OC1.Cl. The second-order valence-electron chi connectivity index (χ2n) is 4.00. The Morgan fingerprint density at radius 2 is 2.21 bits per heavy atom. The number of fused-ring (bicyclic) bond motifs is 1. The van der Waals surface area contributed by atoms with Gasteiger partial charge in [-0.15, -0.1) is 12.4 Å². The zero-order valence-corrected chi connectivity index (χ0v) is 12.1. The molecule has 0 fully saturated rings. The molecule has 1 aliphatic rings. The molecule has 0 saturated carbocycles. The lowest BCUT2D eigenvalue weighted by Crippen LogP contribution is -2.33. The van der Waals surface area contributed by atoms with Crippen molar-refractivity contribution in [3.63, 3.8) is 0 Å². The van der Waals surface area contributed by atoms with Crippen LogP contribution in [0.25, 0.3) is 6.08 Å². The van der Waals surface area contributed by atoms with Crippen molar-refractivity contribution in [3.05, 3.63) is 34.4 Å². The number of amides is 1. The normalized spacial score (nSPS) is 12.6. The van der Waals surface area contributed by atoms with Crippen LogP contribution in [0.1, 0.15) is 5.56 Å². The largest absolute Gasteiger partial charge is 0.488 e. The summed E-state index contributed by atoms with van der Waals surface area (Å²) in [6.45, 7) is 1.62. The third-order valence-electron chi connectivity index (χ3n) is 2.64. The number of nitrogens with one attached hydrogen (secondary N) is 2. The highest BCUT2D eigenvalue weighted by molar-refractivity contribution is 6.30. The molecule has 1 aliphatic heterocycles. The van der Waals surface area contributed by atoms with Crippen LogP contribution >= 0.6 is 24.0 Å². The smallest absolute Gasteiger partial charge is 0.250 e. The number of benzene rings is 1. The molecule has 0 bridgehead atoms. The van der Waals surface area contributed by atoms with E-state index in [1.54, 1.807) is 12.1 Å². The summed E-state index contributed by atoms with van der Waals surface area (Å²) in [6, 6.07) is 5.37. The van der Waals surface area contributed by atoms with Crippen LogP contribution in [0.3, 0.4) is 0 Å². The number of hydrogen-bond donors (Lipinski definition) is 2. The minimum Gasteiger partial charge on any atom is -0.488 e. The summed E-state index contributed by atoms with van der Waals surface area (Å²) in [7, 11) is 1.84. The van der Waals surface area contributed by atoms with E-state index in [9.17, 15) is 4.79 Å². The van der Waals surface area contributed by atoms with E-state index in [-0.39, 0.29) is 18.3 Å². The Labute approximate surface area is 123 Å². The second kappa shape index (κ2) is 7.38. The Hall–Kier alpha value is -1.23. The van der Waals surface area contributed by atoms with Crippen molar-refractivity contribution in [2.45, 2.75) is 0 Å². The first-order valence-electron chi connectivity index (χ1n) is 5.76. The van der Waals surface area contributed by atoms with Crippen molar-refractivity contribution < 1.29 is 9.53 Å². The van der Waals surface area contributed by atoms with Gasteiger partial charge in [0, 0.05) is 23.7 Å². The Kier molecular flexibility index (Phi) is 6.15. The second-order valence-corrected chi connectivity index (χ2v) is 4.44. The van der Waals surface area contributed by atoms with Gasteiger partial charge in [-0.05, 0) is 31.3 Å². The molecule has 0 saturated heterocycles. The predicted molar refractivity (Wildman–Crippen MR) is 79.1 cm³/mol. The zero-order chi connectivity index (χ0) is 13.0. The van der Waals surface area contributed by atoms with Crippen molar-refractivity contribution >= 4 is 36.0 Å². The standard InChI is InChI=1S/C13H15ClN2O2.ClH/c1-15-4-5-16-13(17)10-6-9-7-11(14)2-3-12(9)18-8-10;/h2-3,6-7,15H,4-5,8H2,1H3,(H,16,17);1H. The summed E-state index contributed by atoms with van der Waals surface area (Å²) < 4.78 is 5.52. The fourth-order valence-corrected chi connectivity index (χ4v) is 1.87. The number of hydrogen-bond acceptors (Lipinski definition) is 3. The number of carbonyl (C=O) groups excluding carboxylic acids is 1. The van der Waals surface area contributed by atoms with E-state index < -0.39 is 0 Å². The van der Waals surface area contributed by atoms with Crippen LogP contribution in [0.5, 0.6) is 5.75 Å². The molecule has 0 unspecified atom stereocenters. The van der Waals surface area contributed by atoms with E-state index in [4.69, 9.17) is 16.3 Å². The van der Waals surface area contributed by atoms with Gasteiger partial charge in [0.1, 0.15) is 12.4 Å². The minimum atomic E-state index is -0.101. The van der Waals surface area contributed by atoms with Gasteiger partial charge in [-0.3, -0.25) is 4.79 Å². The van der Waals surface area contributed by atoms with Crippen molar-refractivity contribution in [3.8, 4) is 5.75 Å². The van der Waals surface area contributed by atoms with E-state index in [1.165, 1.54) is 0 Å². The molecule has 0 atom stereocenters. The van der Waals surface area contributed by atoms with E-state index in [2.05, 4.69) is 10.6 Å². The molecule has 1 heterocycles. The molecule has 2 rings (SSSR count). The van der Waals surface area contributed by atoms with Crippen molar-refractivity contribution in [2.24, 2.45) is 0 Å². The lowest BCUT2D eigenvalue weighted by Gasteiger charge is -2.17. The minimum absolute atomic E-state index is 0. The first-order chi connectivity index (χ1) is 8.70. The molecule has 104 valence electrons. The van der Waals surface area contributed by atoms with E-state index >= 15 is 0 Å². The van der Waals surface area contributed by atoms with E-state index in [1.807, 2.05) is 19.2 Å². The molecule has 19 heavy (non-hydrogen) atoms. The van der Waals surface area contributed by atoms with Crippen molar-refractivity contribution in [2.75, 3.05) is 26.7 Å². The summed E-state index contributed by atoms with van der Waals surface area (Å²) in [5.74, 6) is 0.655. The van der Waals surface area contributed by atoms with Crippen molar-refractivity contribution in [1.29, 1.82) is 0 Å². The summed E-state index contributed by atoms with van der Waals surface area (Å²) in [5, 5.41) is 6.41. The summed E-state index contributed by atoms with van der Waals surface area (Å²) in [6.07, 6.45) is 1.82. The maximum Gasteiger partial charge on any atom is 0.250 e. The van der Waals surface area contributed by atoms with Crippen molar-refractivity contribution in [1.82, 2.24) is 10.6 Å². The van der Waals surface area contributed by atoms with E-state index in [0.29, 0.717) is 23.7 Å². The van der Waals surface area contributed by atoms with Gasteiger partial charge in [-0.25, -0.2) is 0 Å². The van der Waals surface area contributed by atoms with Crippen LogP contribution in [0.4, 0.5) is 0 Å². The molecule has 0 aromatic heterocycles. The fourth-order valence-electron chi connectivity index (χ4n) is 1.69. The number of ether oxygens (including phenoxy) is 1. The van der Waals surface area contributed by atoms with Crippen LogP contribution in [-0.2, 0) is 4.79 Å². The first-order valence-corrected chi connectivity index (χ1v) is 6.14. The van der Waals surface area contributed by atoms with Gasteiger partial charge < -0.3 is 15.4 Å². The van der Waals surface area contributed by atoms with Gasteiger partial charge in [-0.1, -0.05) is 11.6 Å². The van der Waals surface area contributed by atoms with Gasteiger partial charge in [0.15, 0.2) is 0 Å². The van der Waals surface area contributed by atoms with E-state index in [0.717, 1.165) is 17.9 Å². The monoisotopic (exact) mass is 302 g/mol. The molecule has 0 aliphatic carbocycles. The molecule has 0 radical (unpaired) electrons.